The lowest BCUT2D eigenvalue weighted by molar-refractivity contribution is 0.0233. The zero-order chi connectivity index (χ0) is 17.3. The molecule has 0 aromatic carbocycles. The van der Waals surface area contributed by atoms with E-state index in [4.69, 9.17) is 0 Å². The highest BCUT2D eigenvalue weighted by atomic mass is 15.3. The second-order valence-corrected chi connectivity index (χ2v) is 9.83. The van der Waals surface area contributed by atoms with Gasteiger partial charge in [0, 0.05) is 37.8 Å². The van der Waals surface area contributed by atoms with E-state index in [1.54, 1.807) is 0 Å². The second kappa shape index (κ2) is 7.41. The lowest BCUT2D eigenvalue weighted by Gasteiger charge is -2.47. The van der Waals surface area contributed by atoms with Crippen LogP contribution in [0.15, 0.2) is 0 Å². The van der Waals surface area contributed by atoms with Gasteiger partial charge in [0.15, 0.2) is 0 Å². The van der Waals surface area contributed by atoms with Crippen LogP contribution in [0.25, 0.3) is 0 Å². The minimum Gasteiger partial charge on any atom is -0.304 e. The van der Waals surface area contributed by atoms with Gasteiger partial charge in [-0.15, -0.1) is 0 Å². The molecule has 0 saturated carbocycles. The zero-order valence-corrected chi connectivity index (χ0v) is 16.9. The Hall–Kier alpha value is -0.120. The van der Waals surface area contributed by atoms with Crippen molar-refractivity contribution in [2.75, 3.05) is 46.3 Å². The van der Waals surface area contributed by atoms with Crippen LogP contribution in [0, 0.1) is 11.3 Å². The van der Waals surface area contributed by atoms with Gasteiger partial charge >= 0.3 is 0 Å². The smallest absolute Gasteiger partial charge is 0.0169 e. The molecule has 136 valence electrons. The van der Waals surface area contributed by atoms with Gasteiger partial charge in [-0.3, -0.25) is 4.90 Å². The van der Waals surface area contributed by atoms with Gasteiger partial charge < -0.3 is 9.80 Å². The number of piperidine rings is 1. The molecule has 0 bridgehead atoms. The van der Waals surface area contributed by atoms with Crippen molar-refractivity contribution in [1.29, 1.82) is 0 Å². The number of piperazine rings is 1. The van der Waals surface area contributed by atoms with Gasteiger partial charge in [0.1, 0.15) is 0 Å². The highest BCUT2D eigenvalue weighted by Crippen LogP contribution is 2.35. The normalized spacial score (nSPS) is 25.7. The van der Waals surface area contributed by atoms with E-state index in [9.17, 15) is 0 Å². The largest absolute Gasteiger partial charge is 0.304 e. The van der Waals surface area contributed by atoms with E-state index >= 15 is 0 Å². The quantitative estimate of drug-likeness (QED) is 0.783. The predicted octanol–water partition coefficient (Wildman–Crippen LogP) is 3.55. The van der Waals surface area contributed by atoms with Gasteiger partial charge in [0.25, 0.3) is 0 Å². The molecule has 2 rings (SSSR count). The van der Waals surface area contributed by atoms with Crippen molar-refractivity contribution in [3.63, 3.8) is 0 Å². The number of hydrogen-bond donors (Lipinski definition) is 0. The third-order valence-corrected chi connectivity index (χ3v) is 6.53. The van der Waals surface area contributed by atoms with Crippen LogP contribution in [0.1, 0.15) is 60.8 Å². The second-order valence-electron chi connectivity index (χ2n) is 9.83. The fraction of sp³-hybridized carbons (Fsp3) is 1.00. The molecule has 1 unspecified atom stereocenters. The van der Waals surface area contributed by atoms with E-state index in [0.29, 0.717) is 17.0 Å². The van der Waals surface area contributed by atoms with Crippen molar-refractivity contribution in [2.24, 2.45) is 11.3 Å². The van der Waals surface area contributed by atoms with Gasteiger partial charge in [0.05, 0.1) is 0 Å². The summed E-state index contributed by atoms with van der Waals surface area (Å²) in [6.07, 6.45) is 4.04. The van der Waals surface area contributed by atoms with E-state index in [1.807, 2.05) is 0 Å². The first-order valence-electron chi connectivity index (χ1n) is 9.77. The van der Waals surface area contributed by atoms with Crippen LogP contribution >= 0.6 is 0 Å². The van der Waals surface area contributed by atoms with Crippen LogP contribution in [-0.4, -0.2) is 72.6 Å². The van der Waals surface area contributed by atoms with Crippen LogP contribution in [0.5, 0.6) is 0 Å². The van der Waals surface area contributed by atoms with E-state index < -0.39 is 0 Å². The number of rotatable bonds is 4. The molecular weight excluding hydrogens is 282 g/mol. The Morgan fingerprint density at radius 1 is 0.870 bits per heavy atom. The maximum absolute atomic E-state index is 2.75. The Morgan fingerprint density at radius 3 is 1.87 bits per heavy atom. The summed E-state index contributed by atoms with van der Waals surface area (Å²) in [7, 11) is 2.24. The molecule has 23 heavy (non-hydrogen) atoms. The summed E-state index contributed by atoms with van der Waals surface area (Å²) < 4.78 is 0. The third kappa shape index (κ3) is 5.17. The van der Waals surface area contributed by atoms with Gasteiger partial charge in [-0.25, -0.2) is 0 Å². The summed E-state index contributed by atoms with van der Waals surface area (Å²) >= 11 is 0. The van der Waals surface area contributed by atoms with Crippen molar-refractivity contribution in [3.05, 3.63) is 0 Å². The Morgan fingerprint density at radius 2 is 1.39 bits per heavy atom. The van der Waals surface area contributed by atoms with Crippen LogP contribution in [-0.2, 0) is 0 Å². The van der Waals surface area contributed by atoms with Crippen LogP contribution in [0.3, 0.4) is 0 Å². The van der Waals surface area contributed by atoms with E-state index in [-0.39, 0.29) is 0 Å². The minimum absolute atomic E-state index is 0.321. The van der Waals surface area contributed by atoms with Gasteiger partial charge in [-0.05, 0) is 71.5 Å². The van der Waals surface area contributed by atoms with Crippen LogP contribution in [0.2, 0.25) is 0 Å². The Bertz CT molecular complexity index is 356. The molecule has 0 aromatic heterocycles. The summed E-state index contributed by atoms with van der Waals surface area (Å²) in [5.74, 6) is 0.900. The van der Waals surface area contributed by atoms with E-state index in [2.05, 4.69) is 63.3 Å². The van der Waals surface area contributed by atoms with E-state index in [0.717, 1.165) is 5.92 Å². The van der Waals surface area contributed by atoms with Crippen LogP contribution in [0.4, 0.5) is 0 Å². The van der Waals surface area contributed by atoms with Crippen molar-refractivity contribution in [1.82, 2.24) is 14.7 Å². The lowest BCUT2D eigenvalue weighted by Crippen LogP contribution is -2.56. The van der Waals surface area contributed by atoms with E-state index in [1.165, 1.54) is 58.5 Å². The minimum atomic E-state index is 0.321. The molecule has 0 amide bonds. The maximum Gasteiger partial charge on any atom is 0.0169 e. The van der Waals surface area contributed by atoms with Crippen LogP contribution < -0.4 is 0 Å². The summed E-state index contributed by atoms with van der Waals surface area (Å²) in [6.45, 7) is 22.1. The Balaban J connectivity index is 1.83. The summed E-state index contributed by atoms with van der Waals surface area (Å²) in [4.78, 5) is 7.92. The molecule has 1 atom stereocenters. The number of hydrogen-bond acceptors (Lipinski definition) is 3. The summed E-state index contributed by atoms with van der Waals surface area (Å²) in [5.41, 5.74) is 0.802. The third-order valence-electron chi connectivity index (χ3n) is 6.53. The van der Waals surface area contributed by atoms with Gasteiger partial charge in [-0.1, -0.05) is 20.8 Å². The summed E-state index contributed by atoms with van der Waals surface area (Å²) in [5, 5.41) is 0. The average Bonchev–Trinajstić information content (AvgIpc) is 2.46. The summed E-state index contributed by atoms with van der Waals surface area (Å²) in [6, 6.07) is 0.700. The zero-order valence-electron chi connectivity index (χ0n) is 16.9. The van der Waals surface area contributed by atoms with Crippen molar-refractivity contribution in [3.8, 4) is 0 Å². The molecule has 0 spiro atoms. The standard InChI is InChI=1S/C20H41N3/c1-17(22-10-8-18(9-11-22)19(2,3)4)16-20(5,6)23-14-12-21(7)13-15-23/h17-18H,8-16H2,1-7H3. The molecule has 2 heterocycles. The monoisotopic (exact) mass is 323 g/mol. The molecule has 0 aliphatic carbocycles. The highest BCUT2D eigenvalue weighted by molar-refractivity contribution is 4.90. The Labute approximate surface area is 145 Å². The first-order chi connectivity index (χ1) is 10.6. The molecule has 2 aliphatic heterocycles. The fourth-order valence-corrected chi connectivity index (χ4v) is 4.60. The van der Waals surface area contributed by atoms with Crippen molar-refractivity contribution < 1.29 is 0 Å². The molecular formula is C20H41N3. The average molecular weight is 324 g/mol. The van der Waals surface area contributed by atoms with Gasteiger partial charge in [-0.2, -0.15) is 0 Å². The predicted molar refractivity (Wildman–Crippen MR) is 101 cm³/mol. The molecule has 2 aliphatic rings. The molecule has 0 aromatic rings. The highest BCUT2D eigenvalue weighted by Gasteiger charge is 2.34. The fourth-order valence-electron chi connectivity index (χ4n) is 4.60. The van der Waals surface area contributed by atoms with Crippen molar-refractivity contribution >= 4 is 0 Å². The van der Waals surface area contributed by atoms with Gasteiger partial charge in [0.2, 0.25) is 0 Å². The number of nitrogens with zero attached hydrogens (tertiary/aromatic N) is 3. The first kappa shape index (κ1) is 19.2. The maximum atomic E-state index is 2.75. The Kier molecular flexibility index (Phi) is 6.19. The molecule has 2 saturated heterocycles. The molecule has 3 nitrogen and oxygen atoms in total. The molecule has 0 N–H and O–H groups in total. The molecule has 0 radical (unpaired) electrons. The topological polar surface area (TPSA) is 9.72 Å². The number of likely N-dealkylation sites (N-methyl/N-ethyl adjacent to an activating group) is 1. The lowest BCUT2D eigenvalue weighted by atomic mass is 9.75. The number of likely N-dealkylation sites (tertiary alicyclic amines) is 1. The molecule has 3 heteroatoms. The van der Waals surface area contributed by atoms with Crippen molar-refractivity contribution in [2.45, 2.75) is 72.4 Å². The SMILES string of the molecule is CC(CC(C)(C)N1CCN(C)CC1)N1CCC(C(C)(C)C)CC1. The molecule has 2 fully saturated rings. The first-order valence-corrected chi connectivity index (χ1v) is 9.77.